The summed E-state index contributed by atoms with van der Waals surface area (Å²) < 4.78 is 10.3. The molecule has 2 aromatic rings. The van der Waals surface area contributed by atoms with E-state index < -0.39 is 0 Å². The molecule has 0 atom stereocenters. The second-order valence-corrected chi connectivity index (χ2v) is 6.02. The van der Waals surface area contributed by atoms with Crippen LogP contribution in [0.5, 0.6) is 11.5 Å². The first kappa shape index (κ1) is 19.9. The number of rotatable bonds is 7. The third-order valence-electron chi connectivity index (χ3n) is 3.52. The Morgan fingerprint density at radius 2 is 1.35 bits per heavy atom. The largest absolute Gasteiger partial charge is 0.493 e. The highest BCUT2D eigenvalue weighted by Gasteiger charge is 2.11. The van der Waals surface area contributed by atoms with Gasteiger partial charge in [-0.15, -0.1) is 0 Å². The SMILES string of the molecule is COc1ccc(C(=O)NCCNC(=O)c2ccc(Cl)c(Cl)c2)cc1OC. The van der Waals surface area contributed by atoms with Gasteiger partial charge in [-0.25, -0.2) is 0 Å². The van der Waals surface area contributed by atoms with Gasteiger partial charge < -0.3 is 20.1 Å². The number of carbonyl (C=O) groups is 2. The molecular formula is C18H18Cl2N2O4. The third-order valence-corrected chi connectivity index (χ3v) is 4.26. The first-order valence-electron chi connectivity index (χ1n) is 7.69. The molecule has 2 amide bonds. The van der Waals surface area contributed by atoms with Crippen molar-refractivity contribution in [2.45, 2.75) is 0 Å². The van der Waals surface area contributed by atoms with E-state index in [1.54, 1.807) is 30.3 Å². The minimum absolute atomic E-state index is 0.262. The van der Waals surface area contributed by atoms with E-state index in [1.807, 2.05) is 0 Å². The van der Waals surface area contributed by atoms with Gasteiger partial charge in [-0.1, -0.05) is 23.2 Å². The number of benzene rings is 2. The highest BCUT2D eigenvalue weighted by Crippen LogP contribution is 2.27. The minimum Gasteiger partial charge on any atom is -0.493 e. The highest BCUT2D eigenvalue weighted by atomic mass is 35.5. The summed E-state index contributed by atoms with van der Waals surface area (Å²) >= 11 is 11.7. The molecule has 0 aliphatic heterocycles. The maximum atomic E-state index is 12.2. The molecule has 0 saturated carbocycles. The molecule has 0 aliphatic carbocycles. The van der Waals surface area contributed by atoms with Crippen LogP contribution in [0.4, 0.5) is 0 Å². The van der Waals surface area contributed by atoms with Crippen molar-refractivity contribution in [2.24, 2.45) is 0 Å². The topological polar surface area (TPSA) is 76.7 Å². The Kier molecular flexibility index (Phi) is 7.12. The second-order valence-electron chi connectivity index (χ2n) is 5.21. The molecule has 0 aromatic heterocycles. The summed E-state index contributed by atoms with van der Waals surface area (Å²) in [6.07, 6.45) is 0. The Balaban J connectivity index is 1.84. The van der Waals surface area contributed by atoms with E-state index in [2.05, 4.69) is 10.6 Å². The van der Waals surface area contributed by atoms with Crippen LogP contribution < -0.4 is 20.1 Å². The van der Waals surface area contributed by atoms with Crippen LogP contribution in [0.3, 0.4) is 0 Å². The average Bonchev–Trinajstić information content (AvgIpc) is 2.66. The quantitative estimate of drug-likeness (QED) is 0.704. The Bertz CT molecular complexity index is 812. The van der Waals surface area contributed by atoms with Crippen LogP contribution in [-0.2, 0) is 0 Å². The zero-order chi connectivity index (χ0) is 19.1. The minimum atomic E-state index is -0.302. The zero-order valence-electron chi connectivity index (χ0n) is 14.3. The lowest BCUT2D eigenvalue weighted by Gasteiger charge is -2.10. The Morgan fingerprint density at radius 1 is 0.808 bits per heavy atom. The van der Waals surface area contributed by atoms with Crippen LogP contribution in [0, 0.1) is 0 Å². The van der Waals surface area contributed by atoms with Crippen molar-refractivity contribution < 1.29 is 19.1 Å². The van der Waals surface area contributed by atoms with Crippen molar-refractivity contribution in [1.82, 2.24) is 10.6 Å². The number of amides is 2. The summed E-state index contributed by atoms with van der Waals surface area (Å²) in [4.78, 5) is 24.2. The summed E-state index contributed by atoms with van der Waals surface area (Å²) in [7, 11) is 3.02. The molecule has 8 heteroatoms. The van der Waals surface area contributed by atoms with E-state index in [9.17, 15) is 9.59 Å². The first-order valence-corrected chi connectivity index (χ1v) is 8.45. The van der Waals surface area contributed by atoms with Crippen LogP contribution in [0.15, 0.2) is 36.4 Å². The lowest BCUT2D eigenvalue weighted by molar-refractivity contribution is 0.0927. The van der Waals surface area contributed by atoms with Crippen LogP contribution in [0.25, 0.3) is 0 Å². The fourth-order valence-electron chi connectivity index (χ4n) is 2.17. The number of hydrogen-bond acceptors (Lipinski definition) is 4. The van der Waals surface area contributed by atoms with Crippen molar-refractivity contribution >= 4 is 35.0 Å². The summed E-state index contributed by atoms with van der Waals surface area (Å²) in [6, 6.07) is 9.48. The lowest BCUT2D eigenvalue weighted by Crippen LogP contribution is -2.34. The molecule has 0 bridgehead atoms. The lowest BCUT2D eigenvalue weighted by atomic mass is 10.2. The predicted octanol–water partition coefficient (Wildman–Crippen LogP) is 3.17. The number of carbonyl (C=O) groups excluding carboxylic acids is 2. The Morgan fingerprint density at radius 3 is 1.88 bits per heavy atom. The zero-order valence-corrected chi connectivity index (χ0v) is 15.8. The molecule has 0 aliphatic rings. The molecule has 6 nitrogen and oxygen atoms in total. The third kappa shape index (κ3) is 5.03. The fourth-order valence-corrected chi connectivity index (χ4v) is 2.47. The van der Waals surface area contributed by atoms with E-state index in [0.717, 1.165) is 0 Å². The van der Waals surface area contributed by atoms with Gasteiger partial charge >= 0.3 is 0 Å². The molecule has 2 rings (SSSR count). The molecule has 0 saturated heterocycles. The van der Waals surface area contributed by atoms with Crippen LogP contribution in [0.2, 0.25) is 10.0 Å². The van der Waals surface area contributed by atoms with Crippen LogP contribution in [0.1, 0.15) is 20.7 Å². The number of hydrogen-bond donors (Lipinski definition) is 2. The number of ether oxygens (including phenoxy) is 2. The van der Waals surface area contributed by atoms with Gasteiger partial charge in [-0.3, -0.25) is 9.59 Å². The summed E-state index contributed by atoms with van der Waals surface area (Å²) in [5.41, 5.74) is 0.823. The van der Waals surface area contributed by atoms with E-state index in [0.29, 0.717) is 32.7 Å². The van der Waals surface area contributed by atoms with Gasteiger partial charge in [0.2, 0.25) is 0 Å². The maximum Gasteiger partial charge on any atom is 0.251 e. The van der Waals surface area contributed by atoms with Crippen LogP contribution in [-0.4, -0.2) is 39.1 Å². The van der Waals surface area contributed by atoms with Crippen molar-refractivity contribution in [1.29, 1.82) is 0 Å². The smallest absolute Gasteiger partial charge is 0.251 e. The average molecular weight is 397 g/mol. The molecule has 138 valence electrons. The molecule has 2 N–H and O–H groups in total. The summed E-state index contributed by atoms with van der Waals surface area (Å²) in [6.45, 7) is 0.526. The normalized spacial score (nSPS) is 10.2. The molecular weight excluding hydrogens is 379 g/mol. The number of halogens is 2. The molecule has 0 unspecified atom stereocenters. The predicted molar refractivity (Wildman–Crippen MR) is 101 cm³/mol. The Hall–Kier alpha value is -2.44. The van der Waals surface area contributed by atoms with Crippen molar-refractivity contribution in [2.75, 3.05) is 27.3 Å². The summed E-state index contributed by atoms with van der Waals surface area (Å²) in [5.74, 6) is 0.421. The second kappa shape index (κ2) is 9.31. The van der Waals surface area contributed by atoms with Gasteiger partial charge in [0.1, 0.15) is 0 Å². The van der Waals surface area contributed by atoms with Gasteiger partial charge in [0.25, 0.3) is 11.8 Å². The van der Waals surface area contributed by atoms with Gasteiger partial charge in [-0.05, 0) is 36.4 Å². The standard InChI is InChI=1S/C18H18Cl2N2O4/c1-25-15-6-4-12(10-16(15)26-2)18(24)22-8-7-21-17(23)11-3-5-13(19)14(20)9-11/h3-6,9-10H,7-8H2,1-2H3,(H,21,23)(H,22,24). The molecule has 0 spiro atoms. The van der Waals surface area contributed by atoms with Gasteiger partial charge in [-0.2, -0.15) is 0 Å². The fraction of sp³-hybridized carbons (Fsp3) is 0.222. The monoisotopic (exact) mass is 396 g/mol. The van der Waals surface area contributed by atoms with Crippen molar-refractivity contribution in [3.05, 3.63) is 57.6 Å². The Labute approximate surface area is 161 Å². The van der Waals surface area contributed by atoms with E-state index in [1.165, 1.54) is 20.3 Å². The van der Waals surface area contributed by atoms with E-state index >= 15 is 0 Å². The van der Waals surface area contributed by atoms with Crippen LogP contribution >= 0.6 is 23.2 Å². The molecule has 0 fully saturated rings. The number of methoxy groups -OCH3 is 2. The van der Waals surface area contributed by atoms with Gasteiger partial charge in [0, 0.05) is 24.2 Å². The molecule has 0 radical (unpaired) electrons. The van der Waals surface area contributed by atoms with E-state index in [-0.39, 0.29) is 24.9 Å². The summed E-state index contributed by atoms with van der Waals surface area (Å²) in [5, 5.41) is 6.10. The van der Waals surface area contributed by atoms with Gasteiger partial charge in [0.15, 0.2) is 11.5 Å². The van der Waals surface area contributed by atoms with Crippen molar-refractivity contribution in [3.63, 3.8) is 0 Å². The molecule has 0 heterocycles. The molecule has 2 aromatic carbocycles. The maximum absolute atomic E-state index is 12.2. The van der Waals surface area contributed by atoms with E-state index in [4.69, 9.17) is 32.7 Å². The number of nitrogens with one attached hydrogen (secondary N) is 2. The van der Waals surface area contributed by atoms with Gasteiger partial charge in [0.05, 0.1) is 24.3 Å². The first-order chi connectivity index (χ1) is 12.5. The highest BCUT2D eigenvalue weighted by molar-refractivity contribution is 6.42. The van der Waals surface area contributed by atoms with Crippen molar-refractivity contribution in [3.8, 4) is 11.5 Å². The molecule has 26 heavy (non-hydrogen) atoms.